The Labute approximate surface area is 282 Å². The average Bonchev–Trinajstić information content (AvgIpc) is 3.43. The number of rotatable bonds is 5. The SMILES string of the molecule is CC1(C)c2ccccc2-c2cc(N(c3ccccc3)c3cccc(C4=CCC=CC(n5c6ccccc6c6ccccc65)=C4)c3)ccc21. The highest BCUT2D eigenvalue weighted by atomic mass is 15.1. The summed E-state index contributed by atoms with van der Waals surface area (Å²) in [4.78, 5) is 2.39. The fourth-order valence-electron chi connectivity index (χ4n) is 7.89. The lowest BCUT2D eigenvalue weighted by molar-refractivity contribution is 0.660. The summed E-state index contributed by atoms with van der Waals surface area (Å²) in [6.07, 6.45) is 10.1. The van der Waals surface area contributed by atoms with Crippen LogP contribution < -0.4 is 4.90 Å². The fraction of sp³-hybridized carbons (Fsp3) is 0.0870. The van der Waals surface area contributed by atoms with Crippen LogP contribution in [-0.2, 0) is 5.41 Å². The Morgan fingerprint density at radius 1 is 0.562 bits per heavy atom. The molecule has 0 spiro atoms. The van der Waals surface area contributed by atoms with Crippen LogP contribution in [0.1, 0.15) is 37.0 Å². The fourth-order valence-corrected chi connectivity index (χ4v) is 7.89. The van der Waals surface area contributed by atoms with Crippen LogP contribution in [0.3, 0.4) is 0 Å². The van der Waals surface area contributed by atoms with Gasteiger partial charge in [-0.2, -0.15) is 0 Å². The van der Waals surface area contributed by atoms with Gasteiger partial charge in [-0.1, -0.05) is 123 Å². The minimum atomic E-state index is -0.0254. The summed E-state index contributed by atoms with van der Waals surface area (Å²) in [6, 6.07) is 53.1. The molecular formula is C46H36N2. The van der Waals surface area contributed by atoms with Gasteiger partial charge in [0.25, 0.3) is 0 Å². The topological polar surface area (TPSA) is 8.17 Å². The van der Waals surface area contributed by atoms with Gasteiger partial charge in [-0.3, -0.25) is 0 Å². The first-order valence-corrected chi connectivity index (χ1v) is 16.8. The van der Waals surface area contributed by atoms with E-state index in [9.17, 15) is 0 Å². The van der Waals surface area contributed by atoms with Gasteiger partial charge in [0, 0.05) is 38.9 Å². The van der Waals surface area contributed by atoms with Crippen LogP contribution in [0.2, 0.25) is 0 Å². The molecule has 0 bridgehead atoms. The summed E-state index contributed by atoms with van der Waals surface area (Å²) in [5, 5.41) is 2.55. The van der Waals surface area contributed by atoms with Gasteiger partial charge in [0.2, 0.25) is 0 Å². The van der Waals surface area contributed by atoms with Gasteiger partial charge in [0.1, 0.15) is 0 Å². The summed E-state index contributed by atoms with van der Waals surface area (Å²) in [6.45, 7) is 4.68. The number of para-hydroxylation sites is 3. The molecule has 6 aromatic carbocycles. The maximum Gasteiger partial charge on any atom is 0.0541 e. The van der Waals surface area contributed by atoms with Crippen molar-refractivity contribution in [3.63, 3.8) is 0 Å². The minimum Gasteiger partial charge on any atom is -0.310 e. The molecule has 2 aliphatic rings. The van der Waals surface area contributed by atoms with E-state index in [0.29, 0.717) is 0 Å². The Hall–Kier alpha value is -5.86. The van der Waals surface area contributed by atoms with Gasteiger partial charge in [-0.15, -0.1) is 0 Å². The van der Waals surface area contributed by atoms with E-state index in [-0.39, 0.29) is 5.41 Å². The Kier molecular flexibility index (Phi) is 6.58. The van der Waals surface area contributed by atoms with Crippen LogP contribution in [0.15, 0.2) is 170 Å². The first kappa shape index (κ1) is 28.4. The van der Waals surface area contributed by atoms with Crippen molar-refractivity contribution in [3.05, 3.63) is 187 Å². The number of hydrogen-bond acceptors (Lipinski definition) is 1. The van der Waals surface area contributed by atoms with E-state index in [1.54, 1.807) is 0 Å². The lowest BCUT2D eigenvalue weighted by Gasteiger charge is -2.27. The molecule has 0 atom stereocenters. The van der Waals surface area contributed by atoms with Crippen LogP contribution >= 0.6 is 0 Å². The summed E-state index contributed by atoms with van der Waals surface area (Å²) in [7, 11) is 0. The summed E-state index contributed by atoms with van der Waals surface area (Å²) >= 11 is 0. The standard InChI is InChI=1S/C46H36N2/c1-46(2)42-24-11-8-21-38(42)41-31-37(27-28-43(41)46)47(34-17-4-3-5-18-34)35-20-14-16-33(29-35)32-15-6-7-19-36(30-32)48-44-25-12-9-22-39(44)40-23-10-13-26-45(40)48/h3-5,7-31H,6H2,1-2H3. The Morgan fingerprint density at radius 2 is 1.21 bits per heavy atom. The second-order valence-corrected chi connectivity index (χ2v) is 13.4. The van der Waals surface area contributed by atoms with E-state index in [4.69, 9.17) is 0 Å². The monoisotopic (exact) mass is 616 g/mol. The highest BCUT2D eigenvalue weighted by Gasteiger charge is 2.35. The molecule has 0 saturated carbocycles. The molecule has 0 radical (unpaired) electrons. The molecule has 2 heteroatoms. The van der Waals surface area contributed by atoms with Crippen molar-refractivity contribution in [3.8, 4) is 11.1 Å². The van der Waals surface area contributed by atoms with E-state index in [1.165, 1.54) is 60.9 Å². The predicted molar refractivity (Wildman–Crippen MR) is 204 cm³/mol. The van der Waals surface area contributed by atoms with Crippen molar-refractivity contribution in [2.45, 2.75) is 25.7 Å². The number of fused-ring (bicyclic) bond motifs is 6. The smallest absolute Gasteiger partial charge is 0.0541 e. The van der Waals surface area contributed by atoms with Gasteiger partial charge in [0.15, 0.2) is 0 Å². The van der Waals surface area contributed by atoms with Crippen LogP contribution in [0.4, 0.5) is 17.1 Å². The molecule has 0 unspecified atom stereocenters. The second kappa shape index (κ2) is 11.1. The van der Waals surface area contributed by atoms with Crippen LogP contribution in [0, 0.1) is 0 Å². The van der Waals surface area contributed by atoms with Crippen LogP contribution in [0.25, 0.3) is 44.2 Å². The van der Waals surface area contributed by atoms with Crippen LogP contribution in [-0.4, -0.2) is 4.57 Å². The maximum atomic E-state index is 2.41. The van der Waals surface area contributed by atoms with E-state index >= 15 is 0 Å². The van der Waals surface area contributed by atoms with Crippen molar-refractivity contribution < 1.29 is 0 Å². The zero-order valence-electron chi connectivity index (χ0n) is 27.3. The predicted octanol–water partition coefficient (Wildman–Crippen LogP) is 12.5. The van der Waals surface area contributed by atoms with E-state index in [2.05, 4.69) is 193 Å². The number of aromatic nitrogens is 1. The molecule has 0 aliphatic heterocycles. The van der Waals surface area contributed by atoms with E-state index in [0.717, 1.165) is 23.5 Å². The Bertz CT molecular complexity index is 2400. The lowest BCUT2D eigenvalue weighted by Crippen LogP contribution is -2.15. The van der Waals surface area contributed by atoms with E-state index < -0.39 is 0 Å². The van der Waals surface area contributed by atoms with Gasteiger partial charge in [-0.05, 0) is 100 Å². The number of nitrogens with zero attached hydrogens (tertiary/aromatic N) is 2. The number of anilines is 3. The van der Waals surface area contributed by atoms with Crippen molar-refractivity contribution in [1.29, 1.82) is 0 Å². The molecule has 0 N–H and O–H groups in total. The molecule has 48 heavy (non-hydrogen) atoms. The molecule has 0 amide bonds. The van der Waals surface area contributed by atoms with Crippen LogP contribution in [0.5, 0.6) is 0 Å². The molecule has 7 aromatic rings. The zero-order chi connectivity index (χ0) is 32.2. The zero-order valence-corrected chi connectivity index (χ0v) is 27.3. The lowest BCUT2D eigenvalue weighted by atomic mass is 9.82. The summed E-state index contributed by atoms with van der Waals surface area (Å²) in [5.41, 5.74) is 14.9. The molecule has 2 nitrogen and oxygen atoms in total. The van der Waals surface area contributed by atoms with Crippen molar-refractivity contribution in [1.82, 2.24) is 4.57 Å². The summed E-state index contributed by atoms with van der Waals surface area (Å²) in [5.74, 6) is 0. The highest BCUT2D eigenvalue weighted by Crippen LogP contribution is 2.50. The second-order valence-electron chi connectivity index (χ2n) is 13.4. The van der Waals surface area contributed by atoms with Crippen molar-refractivity contribution >= 4 is 50.1 Å². The first-order valence-electron chi connectivity index (χ1n) is 16.8. The van der Waals surface area contributed by atoms with Crippen molar-refractivity contribution in [2.75, 3.05) is 4.90 Å². The van der Waals surface area contributed by atoms with Gasteiger partial charge in [0.05, 0.1) is 11.0 Å². The van der Waals surface area contributed by atoms with Crippen molar-refractivity contribution in [2.24, 2.45) is 0 Å². The molecule has 2 aliphatic carbocycles. The minimum absolute atomic E-state index is 0.0254. The molecule has 9 rings (SSSR count). The molecular weight excluding hydrogens is 581 g/mol. The third-order valence-corrected chi connectivity index (χ3v) is 10.2. The largest absolute Gasteiger partial charge is 0.310 e. The normalized spacial score (nSPS) is 14.7. The molecule has 1 heterocycles. The van der Waals surface area contributed by atoms with Gasteiger partial charge < -0.3 is 9.47 Å². The van der Waals surface area contributed by atoms with Gasteiger partial charge >= 0.3 is 0 Å². The number of allylic oxidation sites excluding steroid dienone is 6. The highest BCUT2D eigenvalue weighted by molar-refractivity contribution is 6.10. The maximum absolute atomic E-state index is 2.41. The molecule has 0 fully saturated rings. The Morgan fingerprint density at radius 3 is 2.00 bits per heavy atom. The van der Waals surface area contributed by atoms with E-state index in [1.807, 2.05) is 0 Å². The Balaban J connectivity index is 1.17. The molecule has 230 valence electrons. The quantitative estimate of drug-likeness (QED) is 0.187. The summed E-state index contributed by atoms with van der Waals surface area (Å²) < 4.78 is 2.41. The number of hydrogen-bond donors (Lipinski definition) is 0. The third-order valence-electron chi connectivity index (χ3n) is 10.2. The molecule has 0 saturated heterocycles. The third kappa shape index (κ3) is 4.48. The van der Waals surface area contributed by atoms with Gasteiger partial charge in [-0.25, -0.2) is 0 Å². The molecule has 1 aromatic heterocycles. The first-order chi connectivity index (χ1) is 23.6. The number of benzene rings is 6. The average molecular weight is 617 g/mol.